The Morgan fingerprint density at radius 3 is 2.39 bits per heavy atom. The number of carboxylic acids is 1. The number of ether oxygens (including phenoxy) is 3. The summed E-state index contributed by atoms with van der Waals surface area (Å²) in [4.78, 5) is 20.3. The lowest BCUT2D eigenvalue weighted by atomic mass is 9.93. The maximum atomic E-state index is 12.0. The van der Waals surface area contributed by atoms with E-state index in [2.05, 4.69) is 16.9 Å². The van der Waals surface area contributed by atoms with Gasteiger partial charge in [-0.2, -0.15) is 9.97 Å². The van der Waals surface area contributed by atoms with E-state index in [9.17, 15) is 9.90 Å². The number of aromatic nitrogens is 2. The Kier molecular flexibility index (Phi) is 3.61. The number of rotatable bonds is 6. The molecule has 23 heavy (non-hydrogen) atoms. The van der Waals surface area contributed by atoms with Gasteiger partial charge in [0.25, 0.3) is 0 Å². The molecule has 7 nitrogen and oxygen atoms in total. The van der Waals surface area contributed by atoms with Crippen LogP contribution in [0.1, 0.15) is 33.1 Å². The minimum Gasteiger partial charge on any atom is -0.481 e. The Bertz CT molecular complexity index is 615. The zero-order valence-electron chi connectivity index (χ0n) is 13.8. The molecule has 0 spiro atoms. The summed E-state index contributed by atoms with van der Waals surface area (Å²) >= 11 is 0. The van der Waals surface area contributed by atoms with Crippen molar-refractivity contribution in [2.75, 3.05) is 14.2 Å². The van der Waals surface area contributed by atoms with Crippen LogP contribution in [-0.4, -0.2) is 41.4 Å². The van der Waals surface area contributed by atoms with Crippen molar-refractivity contribution in [2.45, 2.75) is 39.2 Å². The van der Waals surface area contributed by atoms with Crippen molar-refractivity contribution >= 4 is 5.97 Å². The largest absolute Gasteiger partial charge is 0.481 e. The van der Waals surface area contributed by atoms with Gasteiger partial charge in [0.2, 0.25) is 11.8 Å². The number of methoxy groups -OCH3 is 2. The molecule has 4 atom stereocenters. The first-order valence-electron chi connectivity index (χ1n) is 7.83. The molecule has 1 heterocycles. The number of hydrogen-bond donors (Lipinski definition) is 1. The van der Waals surface area contributed by atoms with Gasteiger partial charge in [0.15, 0.2) is 0 Å². The van der Waals surface area contributed by atoms with Crippen molar-refractivity contribution in [3.63, 3.8) is 0 Å². The van der Waals surface area contributed by atoms with Crippen LogP contribution in [0, 0.1) is 16.7 Å². The molecule has 1 aromatic rings. The molecule has 0 aliphatic heterocycles. The van der Waals surface area contributed by atoms with Gasteiger partial charge < -0.3 is 19.3 Å². The van der Waals surface area contributed by atoms with Gasteiger partial charge in [0.1, 0.15) is 11.5 Å². The van der Waals surface area contributed by atoms with E-state index in [0.717, 1.165) is 12.8 Å². The lowest BCUT2D eigenvalue weighted by Gasteiger charge is -2.22. The summed E-state index contributed by atoms with van der Waals surface area (Å²) < 4.78 is 16.1. The normalized spacial score (nSPS) is 34.6. The Balaban J connectivity index is 1.91. The Morgan fingerprint density at radius 1 is 1.35 bits per heavy atom. The fourth-order valence-electron chi connectivity index (χ4n) is 4.72. The summed E-state index contributed by atoms with van der Waals surface area (Å²) in [5.74, 6) is -0.0624. The standard InChI is InChI=1S/C16H22N2O5/c1-5-15-7-6-10(16(15,9(15)2)13(19)20)23-14-17-11(21-3)8-12(18-14)22-4/h8-10H,5-7H2,1-4H3,(H,19,20). The number of nitrogens with zero attached hydrogens (tertiary/aromatic N) is 2. The van der Waals surface area contributed by atoms with Crippen molar-refractivity contribution in [1.82, 2.24) is 9.97 Å². The number of aliphatic carboxylic acids is 1. The number of fused-ring (bicyclic) bond motifs is 1. The third-order valence-corrected chi connectivity index (χ3v) is 5.92. The smallest absolute Gasteiger partial charge is 0.323 e. The van der Waals surface area contributed by atoms with Crippen LogP contribution in [0.5, 0.6) is 17.8 Å². The SMILES string of the molecule is CCC12CCC(Oc3nc(OC)cc(OC)n3)C1(C(=O)O)C2C. The molecule has 2 fully saturated rings. The molecule has 2 aliphatic carbocycles. The van der Waals surface area contributed by atoms with Crippen LogP contribution in [0.25, 0.3) is 0 Å². The Hall–Kier alpha value is -2.05. The van der Waals surface area contributed by atoms with Gasteiger partial charge in [-0.05, 0) is 30.6 Å². The van der Waals surface area contributed by atoms with Crippen LogP contribution >= 0.6 is 0 Å². The van der Waals surface area contributed by atoms with Gasteiger partial charge in [-0.15, -0.1) is 0 Å². The third kappa shape index (κ3) is 1.91. The summed E-state index contributed by atoms with van der Waals surface area (Å²) in [5.41, 5.74) is -1.02. The monoisotopic (exact) mass is 322 g/mol. The van der Waals surface area contributed by atoms with Crippen molar-refractivity contribution in [1.29, 1.82) is 0 Å². The van der Waals surface area contributed by atoms with E-state index in [-0.39, 0.29) is 17.3 Å². The van der Waals surface area contributed by atoms with Crippen molar-refractivity contribution in [3.05, 3.63) is 6.07 Å². The van der Waals surface area contributed by atoms with Gasteiger partial charge in [-0.25, -0.2) is 0 Å². The minimum atomic E-state index is -0.846. The lowest BCUT2D eigenvalue weighted by Crippen LogP contribution is -2.35. The predicted molar refractivity (Wildman–Crippen MR) is 80.7 cm³/mol. The fourth-order valence-corrected chi connectivity index (χ4v) is 4.72. The summed E-state index contributed by atoms with van der Waals surface area (Å²) in [5, 5.41) is 9.86. The summed E-state index contributed by atoms with van der Waals surface area (Å²) in [6, 6.07) is 1.64. The van der Waals surface area contributed by atoms with Gasteiger partial charge in [-0.3, -0.25) is 4.79 Å². The molecule has 1 N–H and O–H groups in total. The zero-order valence-corrected chi connectivity index (χ0v) is 13.8. The number of carbonyl (C=O) groups is 1. The number of carboxylic acid groups (broad SMARTS) is 1. The van der Waals surface area contributed by atoms with Crippen molar-refractivity contribution in [2.24, 2.45) is 16.7 Å². The minimum absolute atomic E-state index is 0.0868. The molecule has 3 rings (SSSR count). The second kappa shape index (κ2) is 5.25. The van der Waals surface area contributed by atoms with E-state index in [0.29, 0.717) is 18.2 Å². The van der Waals surface area contributed by atoms with Crippen LogP contribution < -0.4 is 14.2 Å². The van der Waals surface area contributed by atoms with E-state index in [4.69, 9.17) is 14.2 Å². The molecular weight excluding hydrogens is 300 g/mol. The topological polar surface area (TPSA) is 90.8 Å². The number of hydrogen-bond acceptors (Lipinski definition) is 6. The first-order valence-corrected chi connectivity index (χ1v) is 7.83. The highest BCUT2D eigenvalue weighted by Gasteiger charge is 2.84. The van der Waals surface area contributed by atoms with E-state index < -0.39 is 17.5 Å². The first-order chi connectivity index (χ1) is 11.0. The zero-order chi connectivity index (χ0) is 16.8. The Morgan fingerprint density at radius 2 is 1.96 bits per heavy atom. The van der Waals surface area contributed by atoms with E-state index in [1.165, 1.54) is 14.2 Å². The maximum absolute atomic E-state index is 12.0. The average Bonchev–Trinajstić information content (AvgIpc) is 2.92. The Labute approximate surface area is 135 Å². The third-order valence-electron chi connectivity index (χ3n) is 5.92. The lowest BCUT2D eigenvalue weighted by molar-refractivity contribution is -0.148. The van der Waals surface area contributed by atoms with Crippen LogP contribution in [0.4, 0.5) is 0 Å². The molecule has 0 amide bonds. The molecule has 0 radical (unpaired) electrons. The van der Waals surface area contributed by atoms with Crippen molar-refractivity contribution < 1.29 is 24.1 Å². The van der Waals surface area contributed by atoms with Gasteiger partial charge in [-0.1, -0.05) is 13.8 Å². The summed E-state index contributed by atoms with van der Waals surface area (Å²) in [7, 11) is 2.98. The molecule has 1 aromatic heterocycles. The van der Waals surface area contributed by atoms with E-state index >= 15 is 0 Å². The molecule has 2 saturated carbocycles. The van der Waals surface area contributed by atoms with Crippen molar-refractivity contribution in [3.8, 4) is 17.8 Å². The van der Waals surface area contributed by atoms with Gasteiger partial charge >= 0.3 is 12.0 Å². The van der Waals surface area contributed by atoms with Gasteiger partial charge in [0.05, 0.1) is 20.3 Å². The van der Waals surface area contributed by atoms with E-state index in [1.807, 2.05) is 6.92 Å². The quantitative estimate of drug-likeness (QED) is 0.858. The molecule has 7 heteroatoms. The predicted octanol–water partition coefficient (Wildman–Crippen LogP) is 2.15. The highest BCUT2D eigenvalue weighted by atomic mass is 16.5. The van der Waals surface area contributed by atoms with Gasteiger partial charge in [0, 0.05) is 0 Å². The van der Waals surface area contributed by atoms with Crippen LogP contribution in [-0.2, 0) is 4.79 Å². The van der Waals surface area contributed by atoms with Crippen LogP contribution in [0.15, 0.2) is 6.07 Å². The molecular formula is C16H22N2O5. The summed E-state index contributed by atoms with van der Waals surface area (Å²) in [6.07, 6.45) is 1.94. The fraction of sp³-hybridized carbons (Fsp3) is 0.688. The molecule has 126 valence electrons. The first kappa shape index (κ1) is 15.8. The second-order valence-electron chi connectivity index (χ2n) is 6.29. The van der Waals surface area contributed by atoms with E-state index in [1.54, 1.807) is 6.07 Å². The highest BCUT2D eigenvalue weighted by Crippen LogP contribution is 2.79. The molecule has 4 unspecified atom stereocenters. The molecule has 0 bridgehead atoms. The average molecular weight is 322 g/mol. The second-order valence-corrected chi connectivity index (χ2v) is 6.29. The molecule has 0 aromatic carbocycles. The highest BCUT2D eigenvalue weighted by molar-refractivity contribution is 5.83. The molecule has 2 aliphatic rings. The summed E-state index contributed by atoms with van der Waals surface area (Å²) in [6.45, 7) is 4.05. The van der Waals surface area contributed by atoms with Crippen LogP contribution in [0.2, 0.25) is 0 Å². The maximum Gasteiger partial charge on any atom is 0.323 e. The molecule has 0 saturated heterocycles. The van der Waals surface area contributed by atoms with Crippen LogP contribution in [0.3, 0.4) is 0 Å².